The fourth-order valence-corrected chi connectivity index (χ4v) is 3.90. The molecule has 0 bridgehead atoms. The summed E-state index contributed by atoms with van der Waals surface area (Å²) in [6.45, 7) is 1.97. The number of amides is 1. The molecule has 8 heteroatoms. The number of nitrogens with one attached hydrogen (secondary N) is 1. The summed E-state index contributed by atoms with van der Waals surface area (Å²) < 4.78 is 15.3. The molecule has 3 aromatic carbocycles. The van der Waals surface area contributed by atoms with Crippen LogP contribution in [0.3, 0.4) is 0 Å². The lowest BCUT2D eigenvalue weighted by Crippen LogP contribution is -2.14. The van der Waals surface area contributed by atoms with Crippen molar-refractivity contribution >= 4 is 35.0 Å². The van der Waals surface area contributed by atoms with Crippen LogP contribution in [0.15, 0.2) is 78.0 Å². The number of benzene rings is 3. The van der Waals surface area contributed by atoms with Gasteiger partial charge in [0.25, 0.3) is 0 Å². The predicted molar refractivity (Wildman–Crippen MR) is 122 cm³/mol. The van der Waals surface area contributed by atoms with Crippen molar-refractivity contribution in [3.63, 3.8) is 0 Å². The molecule has 0 fully saturated rings. The van der Waals surface area contributed by atoms with Crippen LogP contribution in [0.1, 0.15) is 5.56 Å². The number of nitrogens with zero attached hydrogens (tertiary/aromatic N) is 3. The number of anilines is 1. The third-order valence-electron chi connectivity index (χ3n) is 4.45. The molecular formula is C23H18ClFN4OS. The molecule has 0 aliphatic rings. The maximum atomic E-state index is 13.5. The third kappa shape index (κ3) is 5.13. The van der Waals surface area contributed by atoms with Crippen LogP contribution in [0.4, 0.5) is 10.1 Å². The zero-order valence-corrected chi connectivity index (χ0v) is 18.1. The van der Waals surface area contributed by atoms with E-state index in [1.807, 2.05) is 43.3 Å². The van der Waals surface area contributed by atoms with E-state index >= 15 is 0 Å². The Labute approximate surface area is 188 Å². The van der Waals surface area contributed by atoms with Gasteiger partial charge in [-0.25, -0.2) is 4.39 Å². The van der Waals surface area contributed by atoms with Crippen molar-refractivity contribution < 1.29 is 9.18 Å². The van der Waals surface area contributed by atoms with E-state index in [4.69, 9.17) is 11.6 Å². The molecule has 5 nitrogen and oxygen atoms in total. The Morgan fingerprint density at radius 2 is 1.81 bits per heavy atom. The maximum Gasteiger partial charge on any atom is 0.234 e. The van der Waals surface area contributed by atoms with Crippen molar-refractivity contribution in [1.29, 1.82) is 0 Å². The highest BCUT2D eigenvalue weighted by atomic mass is 35.5. The summed E-state index contributed by atoms with van der Waals surface area (Å²) in [7, 11) is 0. The number of carbonyl (C=O) groups is 1. The molecule has 0 atom stereocenters. The summed E-state index contributed by atoms with van der Waals surface area (Å²) in [4.78, 5) is 12.5. The lowest BCUT2D eigenvalue weighted by Gasteiger charge is -2.11. The molecule has 0 aliphatic heterocycles. The van der Waals surface area contributed by atoms with Gasteiger partial charge in [-0.15, -0.1) is 10.2 Å². The lowest BCUT2D eigenvalue weighted by molar-refractivity contribution is -0.113. The second-order valence-corrected chi connectivity index (χ2v) is 8.21. The number of thioether (sulfide) groups is 1. The summed E-state index contributed by atoms with van der Waals surface area (Å²) in [6, 6.07) is 20.9. The zero-order valence-electron chi connectivity index (χ0n) is 16.5. The molecule has 4 rings (SSSR count). The minimum atomic E-state index is -0.336. The SMILES string of the molecule is Cc1cccc(NC(=O)CSc2nnc(-c3ccc(Cl)cc3)n2-c2ccc(F)cc2)c1. The molecule has 156 valence electrons. The Hall–Kier alpha value is -3.16. The van der Waals surface area contributed by atoms with Crippen molar-refractivity contribution in [1.82, 2.24) is 14.8 Å². The van der Waals surface area contributed by atoms with Gasteiger partial charge in [0.2, 0.25) is 5.91 Å². The van der Waals surface area contributed by atoms with Crippen LogP contribution in [-0.4, -0.2) is 26.4 Å². The smallest absolute Gasteiger partial charge is 0.234 e. The molecule has 1 N–H and O–H groups in total. The molecule has 1 heterocycles. The minimum absolute atomic E-state index is 0.147. The van der Waals surface area contributed by atoms with Gasteiger partial charge in [0.15, 0.2) is 11.0 Å². The van der Waals surface area contributed by atoms with Crippen LogP contribution in [-0.2, 0) is 4.79 Å². The molecule has 4 aromatic rings. The summed E-state index contributed by atoms with van der Waals surface area (Å²) in [5.41, 5.74) is 3.30. The Balaban J connectivity index is 1.60. The molecule has 0 aliphatic carbocycles. The van der Waals surface area contributed by atoms with Crippen molar-refractivity contribution in [2.75, 3.05) is 11.1 Å². The molecule has 0 spiro atoms. The maximum absolute atomic E-state index is 13.5. The van der Waals surface area contributed by atoms with Gasteiger partial charge >= 0.3 is 0 Å². The Bertz CT molecular complexity index is 1210. The zero-order chi connectivity index (χ0) is 21.8. The van der Waals surface area contributed by atoms with Crippen LogP contribution in [0.5, 0.6) is 0 Å². The predicted octanol–water partition coefficient (Wildman–Crippen LogP) is 5.77. The van der Waals surface area contributed by atoms with Crippen LogP contribution in [0.2, 0.25) is 5.02 Å². The number of halogens is 2. The molecule has 0 radical (unpaired) electrons. The van der Waals surface area contributed by atoms with Crippen LogP contribution in [0.25, 0.3) is 17.1 Å². The highest BCUT2D eigenvalue weighted by molar-refractivity contribution is 7.99. The van der Waals surface area contributed by atoms with E-state index in [2.05, 4.69) is 15.5 Å². The Kier molecular flexibility index (Phi) is 6.34. The van der Waals surface area contributed by atoms with E-state index < -0.39 is 0 Å². The first-order chi connectivity index (χ1) is 15.0. The fourth-order valence-electron chi connectivity index (χ4n) is 3.02. The second-order valence-electron chi connectivity index (χ2n) is 6.83. The van der Waals surface area contributed by atoms with Crippen LogP contribution >= 0.6 is 23.4 Å². The Morgan fingerprint density at radius 3 is 2.52 bits per heavy atom. The average molecular weight is 453 g/mol. The number of aromatic nitrogens is 3. The third-order valence-corrected chi connectivity index (χ3v) is 5.64. The van der Waals surface area contributed by atoms with Gasteiger partial charge in [-0.2, -0.15) is 0 Å². The monoisotopic (exact) mass is 452 g/mol. The van der Waals surface area contributed by atoms with Crippen LogP contribution in [0, 0.1) is 12.7 Å². The summed E-state index contributed by atoms with van der Waals surface area (Å²) in [6.07, 6.45) is 0. The first-order valence-corrected chi connectivity index (χ1v) is 10.8. The minimum Gasteiger partial charge on any atom is -0.325 e. The first-order valence-electron chi connectivity index (χ1n) is 9.46. The molecule has 1 amide bonds. The molecular weight excluding hydrogens is 435 g/mol. The molecule has 0 unspecified atom stereocenters. The molecule has 1 aromatic heterocycles. The largest absolute Gasteiger partial charge is 0.325 e. The van der Waals surface area contributed by atoms with Crippen molar-refractivity contribution in [2.24, 2.45) is 0 Å². The van der Waals surface area contributed by atoms with Gasteiger partial charge in [0.05, 0.1) is 5.75 Å². The second kappa shape index (κ2) is 9.32. The fraction of sp³-hybridized carbons (Fsp3) is 0.0870. The van der Waals surface area contributed by atoms with Crippen molar-refractivity contribution in [2.45, 2.75) is 12.1 Å². The highest BCUT2D eigenvalue weighted by Gasteiger charge is 2.17. The Morgan fingerprint density at radius 1 is 1.06 bits per heavy atom. The van der Waals surface area contributed by atoms with E-state index in [0.717, 1.165) is 16.8 Å². The number of carbonyl (C=O) groups excluding carboxylic acids is 1. The quantitative estimate of drug-likeness (QED) is 0.377. The standard InChI is InChI=1S/C23H18ClFN4OS/c1-15-3-2-4-19(13-15)26-21(30)14-31-23-28-27-22(16-5-7-17(24)8-6-16)29(23)20-11-9-18(25)10-12-20/h2-13H,14H2,1H3,(H,26,30). The number of rotatable bonds is 6. The topological polar surface area (TPSA) is 59.8 Å². The van der Waals surface area contributed by atoms with Gasteiger partial charge < -0.3 is 5.32 Å². The summed E-state index contributed by atoms with van der Waals surface area (Å²) in [5, 5.41) is 12.6. The number of hydrogen-bond donors (Lipinski definition) is 1. The summed E-state index contributed by atoms with van der Waals surface area (Å²) >= 11 is 7.26. The van der Waals surface area contributed by atoms with Gasteiger partial charge in [0.1, 0.15) is 5.82 Å². The molecule has 0 saturated carbocycles. The highest BCUT2D eigenvalue weighted by Crippen LogP contribution is 2.29. The molecule has 0 saturated heterocycles. The van der Waals surface area contributed by atoms with Crippen LogP contribution < -0.4 is 5.32 Å². The average Bonchev–Trinajstić information content (AvgIpc) is 3.17. The van der Waals surface area contributed by atoms with Gasteiger partial charge in [-0.3, -0.25) is 9.36 Å². The van der Waals surface area contributed by atoms with Gasteiger partial charge in [0, 0.05) is 22.0 Å². The van der Waals surface area contributed by atoms with Crippen molar-refractivity contribution in [3.8, 4) is 17.1 Å². The normalized spacial score (nSPS) is 10.8. The number of hydrogen-bond acceptors (Lipinski definition) is 4. The van der Waals surface area contributed by atoms with E-state index in [-0.39, 0.29) is 17.5 Å². The van der Waals surface area contributed by atoms with Gasteiger partial charge in [-0.1, -0.05) is 35.5 Å². The number of aryl methyl sites for hydroxylation is 1. The van der Waals surface area contributed by atoms with E-state index in [1.165, 1.54) is 23.9 Å². The lowest BCUT2D eigenvalue weighted by atomic mass is 10.2. The summed E-state index contributed by atoms with van der Waals surface area (Å²) in [5.74, 6) is 0.229. The van der Waals surface area contributed by atoms with E-state index in [0.29, 0.717) is 21.7 Å². The van der Waals surface area contributed by atoms with E-state index in [1.54, 1.807) is 28.8 Å². The first kappa shape index (κ1) is 21.1. The van der Waals surface area contributed by atoms with E-state index in [9.17, 15) is 9.18 Å². The van der Waals surface area contributed by atoms with Crippen molar-refractivity contribution in [3.05, 3.63) is 89.2 Å². The molecule has 31 heavy (non-hydrogen) atoms. The van der Waals surface area contributed by atoms with Gasteiger partial charge in [-0.05, 0) is 73.2 Å².